The Bertz CT molecular complexity index is 2350. The van der Waals surface area contributed by atoms with E-state index in [0.717, 1.165) is 40.2 Å². The molecule has 0 aliphatic heterocycles. The van der Waals surface area contributed by atoms with Gasteiger partial charge in [-0.05, 0) is 50.6 Å². The van der Waals surface area contributed by atoms with Crippen molar-refractivity contribution in [2.75, 3.05) is 0 Å². The van der Waals surface area contributed by atoms with Crippen molar-refractivity contribution >= 4 is 23.8 Å². The largest absolute Gasteiger partial charge is 0.508 e. The van der Waals surface area contributed by atoms with E-state index < -0.39 is 12.2 Å². The molecule has 6 aromatic rings. The molecule has 0 aliphatic rings. The summed E-state index contributed by atoms with van der Waals surface area (Å²) < 4.78 is 18.1. The number of carbonyl (C=O) groups excluding carboxylic acids is 2. The Hall–Kier alpha value is -6.13. The number of hydrogen-bond acceptors (Lipinski definition) is 17. The van der Waals surface area contributed by atoms with Gasteiger partial charge in [0, 0.05) is 18.5 Å². The highest BCUT2D eigenvalue weighted by Crippen LogP contribution is 2.31. The molecule has 0 saturated heterocycles. The van der Waals surface area contributed by atoms with Crippen LogP contribution in [0.5, 0.6) is 0 Å². The lowest BCUT2D eigenvalue weighted by atomic mass is 9.98. The Labute approximate surface area is 347 Å². The molecule has 2 aromatic heterocycles. The van der Waals surface area contributed by atoms with Crippen molar-refractivity contribution in [2.45, 2.75) is 65.8 Å². The van der Waals surface area contributed by atoms with E-state index in [9.17, 15) is 9.59 Å². The van der Waals surface area contributed by atoms with Crippen LogP contribution in [0.15, 0.2) is 97.1 Å². The average Bonchev–Trinajstić information content (AvgIpc) is 3.86. The summed E-state index contributed by atoms with van der Waals surface area (Å²) in [7, 11) is 0. The molecule has 6 rings (SSSR count). The number of carbonyl (C=O) groups is 2. The number of ether oxygens (including phenoxy) is 3. The zero-order chi connectivity index (χ0) is 42.4. The normalized spacial score (nSPS) is 11.3. The van der Waals surface area contributed by atoms with Crippen LogP contribution in [-0.2, 0) is 69.9 Å². The maximum Gasteiger partial charge on any atom is 0.508 e. The van der Waals surface area contributed by atoms with E-state index in [2.05, 4.69) is 37.0 Å². The third-order valence-electron chi connectivity index (χ3n) is 8.93. The number of aryl methyl sites for hydroxylation is 1. The van der Waals surface area contributed by atoms with Gasteiger partial charge in [0.15, 0.2) is 5.15 Å². The molecule has 60 heavy (non-hydrogen) atoms. The van der Waals surface area contributed by atoms with Crippen LogP contribution in [0.3, 0.4) is 0 Å². The first-order chi connectivity index (χ1) is 29.1. The Morgan fingerprint density at radius 1 is 0.700 bits per heavy atom. The topological polar surface area (TPSA) is 229 Å². The van der Waals surface area contributed by atoms with Gasteiger partial charge in [-0.1, -0.05) is 127 Å². The van der Waals surface area contributed by atoms with Gasteiger partial charge in [0.25, 0.3) is 0 Å². The van der Waals surface area contributed by atoms with Gasteiger partial charge in [0.1, 0.15) is 25.6 Å². The Morgan fingerprint density at radius 2 is 1.28 bits per heavy atom. The number of tetrazole rings is 1. The standard InChI is InChI=1S/C40H41ClN8O11/c1-2-3-14-36-42-37(41)35(26-58-40(51)57-23-29-9-7-11-31(20-29)25-60-49(54)55)46(36)21-27-15-17-32(18-16-27)33-12-4-5-13-34(33)38-43-45-47(44-38)39(50)56-22-28-8-6-10-30(19-28)24-59-48(52)53/h4-13,15-20,52-55H,2-3,14,21-26H2,1H3. The van der Waals surface area contributed by atoms with Crippen LogP contribution in [0.1, 0.15) is 59.1 Å². The number of imidazole rings is 1. The predicted molar refractivity (Wildman–Crippen MR) is 207 cm³/mol. The van der Waals surface area contributed by atoms with Crippen LogP contribution >= 0.6 is 11.6 Å². The average molecular weight is 845 g/mol. The van der Waals surface area contributed by atoms with E-state index in [4.69, 9.17) is 46.6 Å². The van der Waals surface area contributed by atoms with E-state index in [0.29, 0.717) is 46.5 Å². The SMILES string of the molecule is CCCCc1nc(Cl)c(COC(=O)OCc2cccc(CON(O)O)c2)n1Cc1ccc(-c2ccccc2-c2nnn(C(=O)OCc3cccc(CON(O)O)c3)n2)cc1. The van der Waals surface area contributed by atoms with E-state index in [-0.39, 0.29) is 54.8 Å². The summed E-state index contributed by atoms with van der Waals surface area (Å²) in [6.45, 7) is 1.88. The molecular formula is C40H41ClN8O11. The Kier molecular flexibility index (Phi) is 15.4. The minimum atomic E-state index is -0.907. The zero-order valence-electron chi connectivity index (χ0n) is 32.2. The molecule has 0 saturated carbocycles. The van der Waals surface area contributed by atoms with Gasteiger partial charge in [-0.15, -0.1) is 10.2 Å². The molecule has 314 valence electrons. The van der Waals surface area contributed by atoms with Crippen molar-refractivity contribution in [1.29, 1.82) is 0 Å². The monoisotopic (exact) mass is 844 g/mol. The first-order valence-corrected chi connectivity index (χ1v) is 18.9. The molecule has 0 fully saturated rings. The third kappa shape index (κ3) is 12.2. The van der Waals surface area contributed by atoms with Crippen molar-refractivity contribution in [1.82, 2.24) is 40.5 Å². The zero-order valence-corrected chi connectivity index (χ0v) is 33.0. The van der Waals surface area contributed by atoms with Crippen molar-refractivity contribution in [3.05, 3.63) is 142 Å². The lowest BCUT2D eigenvalue weighted by molar-refractivity contribution is -0.497. The summed E-state index contributed by atoms with van der Waals surface area (Å²) in [5, 5.41) is 46.9. The molecule has 4 N–H and O–H groups in total. The van der Waals surface area contributed by atoms with Gasteiger partial charge in [-0.3, -0.25) is 20.8 Å². The van der Waals surface area contributed by atoms with Gasteiger partial charge in [-0.25, -0.2) is 24.2 Å². The van der Waals surface area contributed by atoms with Gasteiger partial charge >= 0.3 is 12.2 Å². The Balaban J connectivity index is 1.10. The number of nitrogens with zero attached hydrogens (tertiary/aromatic N) is 8. The van der Waals surface area contributed by atoms with Crippen LogP contribution in [0, 0.1) is 0 Å². The smallest absolute Gasteiger partial charge is 0.442 e. The van der Waals surface area contributed by atoms with Crippen molar-refractivity contribution in [3.63, 3.8) is 0 Å². The second-order valence-electron chi connectivity index (χ2n) is 13.2. The van der Waals surface area contributed by atoms with Crippen LogP contribution in [-0.4, -0.2) is 73.6 Å². The second kappa shape index (κ2) is 21.2. The fourth-order valence-corrected chi connectivity index (χ4v) is 6.31. The molecule has 0 aliphatic carbocycles. The summed E-state index contributed by atoms with van der Waals surface area (Å²) in [6.07, 6.45) is 0.728. The number of aromatic nitrogens is 6. The molecule has 2 heterocycles. The molecule has 0 unspecified atom stereocenters. The highest BCUT2D eigenvalue weighted by molar-refractivity contribution is 6.30. The molecule has 0 amide bonds. The first kappa shape index (κ1) is 43.4. The van der Waals surface area contributed by atoms with Crippen molar-refractivity contribution in [2.24, 2.45) is 0 Å². The number of hydrogen-bond donors (Lipinski definition) is 4. The minimum absolute atomic E-state index is 0.0904. The third-order valence-corrected chi connectivity index (χ3v) is 9.23. The fourth-order valence-electron chi connectivity index (χ4n) is 6.05. The van der Waals surface area contributed by atoms with E-state index >= 15 is 0 Å². The van der Waals surface area contributed by atoms with Gasteiger partial charge in [0.2, 0.25) is 5.82 Å². The first-order valence-electron chi connectivity index (χ1n) is 18.5. The molecule has 0 radical (unpaired) electrons. The van der Waals surface area contributed by atoms with Crippen LogP contribution in [0.25, 0.3) is 22.5 Å². The summed E-state index contributed by atoms with van der Waals surface area (Å²) in [5.74, 6) is 0.958. The van der Waals surface area contributed by atoms with E-state index in [1.807, 2.05) is 53.1 Å². The number of benzene rings is 4. The fraction of sp³-hybridized carbons (Fsp3) is 0.250. The number of unbranched alkanes of at least 4 members (excludes halogenated alkanes) is 1. The molecule has 19 nitrogen and oxygen atoms in total. The van der Waals surface area contributed by atoms with Crippen LogP contribution in [0.4, 0.5) is 9.59 Å². The lowest BCUT2D eigenvalue weighted by Crippen LogP contribution is -2.17. The van der Waals surface area contributed by atoms with Crippen molar-refractivity contribution < 1.29 is 54.3 Å². The summed E-state index contributed by atoms with van der Waals surface area (Å²) >= 11 is 6.61. The maximum absolute atomic E-state index is 12.8. The lowest BCUT2D eigenvalue weighted by Gasteiger charge is -2.14. The quantitative estimate of drug-likeness (QED) is 0.0463. The van der Waals surface area contributed by atoms with E-state index in [1.54, 1.807) is 48.5 Å². The van der Waals surface area contributed by atoms with E-state index in [1.165, 1.54) is 0 Å². The summed E-state index contributed by atoms with van der Waals surface area (Å²) in [4.78, 5) is 40.1. The molecular weight excluding hydrogens is 804 g/mol. The summed E-state index contributed by atoms with van der Waals surface area (Å²) in [5.41, 5.74) is 6.23. The van der Waals surface area contributed by atoms with Gasteiger partial charge in [-0.2, -0.15) is 0 Å². The molecule has 0 spiro atoms. The number of rotatable bonds is 19. The molecule has 0 bridgehead atoms. The predicted octanol–water partition coefficient (Wildman–Crippen LogP) is 7.31. The van der Waals surface area contributed by atoms with Gasteiger partial charge in [0.05, 0.1) is 29.7 Å². The molecule has 0 atom stereocenters. The number of halogens is 1. The molecule has 20 heteroatoms. The molecule has 4 aromatic carbocycles. The minimum Gasteiger partial charge on any atom is -0.442 e. The second-order valence-corrected chi connectivity index (χ2v) is 13.5. The van der Waals surface area contributed by atoms with Crippen molar-refractivity contribution in [3.8, 4) is 22.5 Å². The highest BCUT2D eigenvalue weighted by atomic mass is 35.5. The Morgan fingerprint density at radius 3 is 1.90 bits per heavy atom. The summed E-state index contributed by atoms with van der Waals surface area (Å²) in [6, 6.07) is 28.9. The van der Waals surface area contributed by atoms with Crippen LogP contribution in [0.2, 0.25) is 5.15 Å². The maximum atomic E-state index is 12.8. The van der Waals surface area contributed by atoms with Crippen LogP contribution < -0.4 is 0 Å². The highest BCUT2D eigenvalue weighted by Gasteiger charge is 2.20. The van der Waals surface area contributed by atoms with Gasteiger partial charge < -0.3 is 18.8 Å².